The highest BCUT2D eigenvalue weighted by Crippen LogP contribution is 2.33. The number of furan rings is 1. The second kappa shape index (κ2) is 4.49. The smallest absolute Gasteiger partial charge is 0.299 e. The highest BCUT2D eigenvalue weighted by Gasteiger charge is 2.13. The summed E-state index contributed by atoms with van der Waals surface area (Å²) in [6.07, 6.45) is 0. The maximum atomic E-state index is 10.8. The van der Waals surface area contributed by atoms with Gasteiger partial charge in [0.25, 0.3) is 16.7 Å². The molecule has 0 bridgehead atoms. The van der Waals surface area contributed by atoms with Crippen molar-refractivity contribution in [2.75, 3.05) is 0 Å². The van der Waals surface area contributed by atoms with E-state index in [4.69, 9.17) is 4.42 Å². The van der Waals surface area contributed by atoms with Crippen LogP contribution in [0.25, 0.3) is 21.9 Å². The van der Waals surface area contributed by atoms with Crippen LogP contribution in [-0.2, 0) is 11.0 Å². The van der Waals surface area contributed by atoms with Crippen molar-refractivity contribution in [3.63, 3.8) is 0 Å². The van der Waals surface area contributed by atoms with Crippen LogP contribution in [0.5, 0.6) is 5.75 Å². The molecule has 3 aromatic rings. The van der Waals surface area contributed by atoms with Crippen LogP contribution in [0.2, 0.25) is 0 Å². The molecular formula is C12H7NO6S. The van der Waals surface area contributed by atoms with Crippen LogP contribution in [-0.4, -0.2) is 13.3 Å². The van der Waals surface area contributed by atoms with Crippen LogP contribution in [0.3, 0.4) is 0 Å². The first kappa shape index (κ1) is 12.4. The van der Waals surface area contributed by atoms with E-state index in [1.807, 2.05) is 0 Å². The van der Waals surface area contributed by atoms with Gasteiger partial charge in [0.15, 0.2) is 0 Å². The van der Waals surface area contributed by atoms with E-state index in [9.17, 15) is 18.5 Å². The largest absolute Gasteiger partial charge is 0.456 e. The standard InChI is InChI=1S/C12H7NO6S/c14-13(15)7-1-3-11-9(5-7)10-6-8(19-20(16)17)2-4-12(10)18-11/h1-6,20H. The molecule has 0 aliphatic rings. The summed E-state index contributed by atoms with van der Waals surface area (Å²) in [5.41, 5.74) is 0.907. The van der Waals surface area contributed by atoms with Crippen molar-refractivity contribution in [1.82, 2.24) is 0 Å². The van der Waals surface area contributed by atoms with Crippen molar-refractivity contribution >= 4 is 38.6 Å². The molecule has 0 atom stereocenters. The Kier molecular flexibility index (Phi) is 2.79. The molecule has 7 nitrogen and oxygen atoms in total. The minimum atomic E-state index is -3.02. The predicted molar refractivity (Wildman–Crippen MR) is 71.3 cm³/mol. The van der Waals surface area contributed by atoms with Gasteiger partial charge in [0.1, 0.15) is 16.9 Å². The molecule has 0 saturated carbocycles. The molecule has 20 heavy (non-hydrogen) atoms. The highest BCUT2D eigenvalue weighted by atomic mass is 32.2. The van der Waals surface area contributed by atoms with Crippen molar-refractivity contribution in [2.24, 2.45) is 0 Å². The molecule has 0 radical (unpaired) electrons. The third-order valence-corrected chi connectivity index (χ3v) is 3.17. The molecule has 0 aliphatic heterocycles. The van der Waals surface area contributed by atoms with E-state index in [0.717, 1.165) is 0 Å². The Hall–Kier alpha value is -2.61. The van der Waals surface area contributed by atoms with Gasteiger partial charge in [0, 0.05) is 22.9 Å². The van der Waals surface area contributed by atoms with Crippen molar-refractivity contribution in [2.45, 2.75) is 0 Å². The molecule has 2 aromatic carbocycles. The Bertz CT molecular complexity index is 903. The van der Waals surface area contributed by atoms with E-state index in [0.29, 0.717) is 21.9 Å². The van der Waals surface area contributed by atoms with Gasteiger partial charge in [-0.15, -0.1) is 0 Å². The predicted octanol–water partition coefficient (Wildman–Crippen LogP) is 2.40. The third-order valence-electron chi connectivity index (χ3n) is 2.82. The number of thiol groups is 1. The first-order valence-corrected chi connectivity index (χ1v) is 6.57. The van der Waals surface area contributed by atoms with Crippen LogP contribution >= 0.6 is 0 Å². The van der Waals surface area contributed by atoms with E-state index in [1.54, 1.807) is 6.07 Å². The highest BCUT2D eigenvalue weighted by molar-refractivity contribution is 7.67. The van der Waals surface area contributed by atoms with Gasteiger partial charge in [-0.2, -0.15) is 8.42 Å². The van der Waals surface area contributed by atoms with Crippen LogP contribution < -0.4 is 4.18 Å². The number of hydrogen-bond acceptors (Lipinski definition) is 6. The van der Waals surface area contributed by atoms with Gasteiger partial charge in [-0.3, -0.25) is 10.1 Å². The number of nitro groups is 1. The molecule has 3 rings (SSSR count). The maximum absolute atomic E-state index is 10.8. The average molecular weight is 293 g/mol. The normalized spacial score (nSPS) is 11.2. The molecule has 0 amide bonds. The summed E-state index contributed by atoms with van der Waals surface area (Å²) in [4.78, 5) is 10.3. The van der Waals surface area contributed by atoms with Gasteiger partial charge in [-0.1, -0.05) is 0 Å². The topological polar surface area (TPSA) is 99.7 Å². The fourth-order valence-electron chi connectivity index (χ4n) is 2.00. The summed E-state index contributed by atoms with van der Waals surface area (Å²) in [5, 5.41) is 11.9. The number of benzene rings is 2. The fraction of sp³-hybridized carbons (Fsp3) is 0. The second-order valence-corrected chi connectivity index (χ2v) is 4.64. The minimum absolute atomic E-state index is 0.0681. The Morgan fingerprint density at radius 3 is 2.35 bits per heavy atom. The van der Waals surface area contributed by atoms with Gasteiger partial charge in [-0.25, -0.2) is 0 Å². The van der Waals surface area contributed by atoms with Gasteiger partial charge < -0.3 is 8.60 Å². The van der Waals surface area contributed by atoms with Crippen molar-refractivity contribution in [3.05, 3.63) is 46.5 Å². The SMILES string of the molecule is O=[N+]([O-])c1ccc2oc3ccc(O[SH](=O)=O)cc3c2c1. The molecule has 102 valence electrons. The number of rotatable bonds is 3. The summed E-state index contributed by atoms with van der Waals surface area (Å²) >= 11 is 0. The zero-order chi connectivity index (χ0) is 14.3. The molecule has 0 spiro atoms. The summed E-state index contributed by atoms with van der Waals surface area (Å²) in [7, 11) is -3.02. The monoisotopic (exact) mass is 293 g/mol. The molecule has 0 aliphatic carbocycles. The molecule has 1 aromatic heterocycles. The lowest BCUT2D eigenvalue weighted by molar-refractivity contribution is -0.384. The van der Waals surface area contributed by atoms with Crippen LogP contribution in [0, 0.1) is 10.1 Å². The van der Waals surface area contributed by atoms with Gasteiger partial charge in [0.05, 0.1) is 4.92 Å². The minimum Gasteiger partial charge on any atom is -0.456 e. The van der Waals surface area contributed by atoms with Crippen LogP contribution in [0.15, 0.2) is 40.8 Å². The number of non-ortho nitro benzene ring substituents is 1. The van der Waals surface area contributed by atoms with E-state index in [2.05, 4.69) is 4.18 Å². The average Bonchev–Trinajstić information content (AvgIpc) is 2.75. The second-order valence-electron chi connectivity index (χ2n) is 4.01. The van der Waals surface area contributed by atoms with Gasteiger partial charge >= 0.3 is 0 Å². The molecule has 0 N–H and O–H groups in total. The maximum Gasteiger partial charge on any atom is 0.299 e. The lowest BCUT2D eigenvalue weighted by atomic mass is 10.1. The van der Waals surface area contributed by atoms with Crippen molar-refractivity contribution in [3.8, 4) is 5.75 Å². The quantitative estimate of drug-likeness (QED) is 0.452. The molecule has 1 heterocycles. The van der Waals surface area contributed by atoms with Crippen LogP contribution in [0.1, 0.15) is 0 Å². The Balaban J connectivity index is 2.27. The first-order valence-electron chi connectivity index (χ1n) is 5.47. The number of fused-ring (bicyclic) bond motifs is 3. The van der Waals surface area contributed by atoms with Gasteiger partial charge in [0.2, 0.25) is 0 Å². The third kappa shape index (κ3) is 2.05. The molecule has 8 heteroatoms. The lowest BCUT2D eigenvalue weighted by Gasteiger charge is -1.96. The number of hydrogen-bond donors (Lipinski definition) is 1. The number of nitro benzene ring substituents is 1. The first-order chi connectivity index (χ1) is 9.54. The zero-order valence-electron chi connectivity index (χ0n) is 9.81. The Labute approximate surface area is 113 Å². The van der Waals surface area contributed by atoms with E-state index >= 15 is 0 Å². The summed E-state index contributed by atoms with van der Waals surface area (Å²) in [6.45, 7) is 0. The molecular weight excluding hydrogens is 286 g/mol. The zero-order valence-corrected chi connectivity index (χ0v) is 10.7. The lowest BCUT2D eigenvalue weighted by Crippen LogP contribution is -1.89. The van der Waals surface area contributed by atoms with E-state index in [1.165, 1.54) is 30.3 Å². The van der Waals surface area contributed by atoms with Crippen LogP contribution in [0.4, 0.5) is 5.69 Å². The fourth-order valence-corrected chi connectivity index (χ4v) is 2.29. The molecule has 0 saturated heterocycles. The Morgan fingerprint density at radius 1 is 1.05 bits per heavy atom. The molecule has 0 unspecified atom stereocenters. The van der Waals surface area contributed by atoms with Crippen molar-refractivity contribution in [1.29, 1.82) is 0 Å². The molecule has 0 fully saturated rings. The van der Waals surface area contributed by atoms with E-state index in [-0.39, 0.29) is 11.4 Å². The number of nitrogens with zero attached hydrogens (tertiary/aromatic N) is 1. The summed E-state index contributed by atoms with van der Waals surface area (Å²) < 4.78 is 31.2. The van der Waals surface area contributed by atoms with Crippen molar-refractivity contribution < 1.29 is 21.9 Å². The summed E-state index contributed by atoms with van der Waals surface area (Å²) in [5.74, 6) is 0.128. The van der Waals surface area contributed by atoms with Gasteiger partial charge in [-0.05, 0) is 24.3 Å². The summed E-state index contributed by atoms with van der Waals surface area (Å²) in [6, 6.07) is 8.69. The van der Waals surface area contributed by atoms with E-state index < -0.39 is 15.9 Å². The Morgan fingerprint density at radius 2 is 1.70 bits per heavy atom.